The Hall–Kier alpha value is -0.120. The quantitative estimate of drug-likeness (QED) is 0.715. The minimum atomic E-state index is -0.236. The maximum absolute atomic E-state index is 5.14. The highest BCUT2D eigenvalue weighted by atomic mass is 16.7. The first-order chi connectivity index (χ1) is 6.74. The summed E-state index contributed by atoms with van der Waals surface area (Å²) in [5, 5.41) is 0. The molecule has 0 aromatic carbocycles. The molecule has 1 aliphatic carbocycles. The first-order valence-electron chi connectivity index (χ1n) is 5.50. The Kier molecular flexibility index (Phi) is 9.35. The van der Waals surface area contributed by atoms with E-state index >= 15 is 0 Å². The molecule has 0 aromatic rings. The Balaban J connectivity index is 0.000000241. The summed E-state index contributed by atoms with van der Waals surface area (Å²) in [6.45, 7) is 2.77. The predicted molar refractivity (Wildman–Crippen MR) is 59.1 cm³/mol. The van der Waals surface area contributed by atoms with Crippen molar-refractivity contribution < 1.29 is 9.47 Å². The SMILES string of the molecule is CC1CCCCC1.COC(CN)OC. The van der Waals surface area contributed by atoms with Crippen LogP contribution in [0.5, 0.6) is 0 Å². The summed E-state index contributed by atoms with van der Waals surface area (Å²) in [6.07, 6.45) is 7.20. The molecule has 0 saturated heterocycles. The minimum Gasteiger partial charge on any atom is -0.355 e. The fraction of sp³-hybridized carbons (Fsp3) is 1.00. The Bertz CT molecular complexity index is 104. The highest BCUT2D eigenvalue weighted by molar-refractivity contribution is 4.59. The molecule has 0 aromatic heterocycles. The van der Waals surface area contributed by atoms with Crippen LogP contribution < -0.4 is 5.73 Å². The first kappa shape index (κ1) is 13.9. The third kappa shape index (κ3) is 7.30. The van der Waals surface area contributed by atoms with E-state index in [1.54, 1.807) is 14.2 Å². The molecule has 86 valence electrons. The van der Waals surface area contributed by atoms with E-state index in [-0.39, 0.29) is 6.29 Å². The van der Waals surface area contributed by atoms with Crippen molar-refractivity contribution in [3.05, 3.63) is 0 Å². The fourth-order valence-corrected chi connectivity index (χ4v) is 1.60. The minimum absolute atomic E-state index is 0.236. The van der Waals surface area contributed by atoms with Crippen molar-refractivity contribution in [2.45, 2.75) is 45.3 Å². The number of methoxy groups -OCH3 is 2. The zero-order valence-corrected chi connectivity index (χ0v) is 9.79. The first-order valence-corrected chi connectivity index (χ1v) is 5.50. The Morgan fingerprint density at radius 3 is 1.79 bits per heavy atom. The van der Waals surface area contributed by atoms with Crippen molar-refractivity contribution in [1.82, 2.24) is 0 Å². The van der Waals surface area contributed by atoms with Crippen molar-refractivity contribution in [3.63, 3.8) is 0 Å². The largest absolute Gasteiger partial charge is 0.355 e. The number of rotatable bonds is 3. The van der Waals surface area contributed by atoms with Crippen LogP contribution >= 0.6 is 0 Å². The molecule has 0 bridgehead atoms. The molecule has 0 atom stereocenters. The molecule has 1 fully saturated rings. The van der Waals surface area contributed by atoms with Gasteiger partial charge in [0.1, 0.15) is 0 Å². The summed E-state index contributed by atoms with van der Waals surface area (Å²) >= 11 is 0. The zero-order chi connectivity index (χ0) is 10.8. The van der Waals surface area contributed by atoms with Gasteiger partial charge in [-0.15, -0.1) is 0 Å². The van der Waals surface area contributed by atoms with E-state index in [4.69, 9.17) is 15.2 Å². The Morgan fingerprint density at radius 2 is 1.64 bits per heavy atom. The van der Waals surface area contributed by atoms with Gasteiger partial charge in [0, 0.05) is 20.8 Å². The highest BCUT2D eigenvalue weighted by Crippen LogP contribution is 2.22. The van der Waals surface area contributed by atoms with Gasteiger partial charge in [0.15, 0.2) is 6.29 Å². The molecule has 3 nitrogen and oxygen atoms in total. The topological polar surface area (TPSA) is 44.5 Å². The van der Waals surface area contributed by atoms with Gasteiger partial charge in [-0.1, -0.05) is 39.0 Å². The number of hydrogen-bond acceptors (Lipinski definition) is 3. The van der Waals surface area contributed by atoms with Crippen molar-refractivity contribution in [2.24, 2.45) is 11.7 Å². The lowest BCUT2D eigenvalue weighted by molar-refractivity contribution is -0.0940. The van der Waals surface area contributed by atoms with Gasteiger partial charge in [-0.2, -0.15) is 0 Å². The second-order valence-corrected chi connectivity index (χ2v) is 3.88. The number of hydrogen-bond donors (Lipinski definition) is 1. The summed E-state index contributed by atoms with van der Waals surface area (Å²) < 4.78 is 9.40. The molecular weight excluding hydrogens is 178 g/mol. The van der Waals surface area contributed by atoms with Gasteiger partial charge in [-0.05, 0) is 5.92 Å². The predicted octanol–water partition coefficient (Wildman–Crippen LogP) is 2.15. The third-order valence-corrected chi connectivity index (χ3v) is 2.61. The van der Waals surface area contributed by atoms with Crippen LogP contribution in [-0.4, -0.2) is 27.1 Å². The molecule has 0 amide bonds. The standard InChI is InChI=1S/C7H14.C4H11NO2/c1-7-5-3-2-4-6-7;1-6-4(3-5)7-2/h7H,2-6H2,1H3;4H,3,5H2,1-2H3. The molecule has 2 N–H and O–H groups in total. The summed E-state index contributed by atoms with van der Waals surface area (Å²) in [6, 6.07) is 0. The lowest BCUT2D eigenvalue weighted by Crippen LogP contribution is -2.23. The molecule has 3 heteroatoms. The maximum Gasteiger partial charge on any atom is 0.168 e. The molecule has 0 spiro atoms. The fourth-order valence-electron chi connectivity index (χ4n) is 1.60. The summed E-state index contributed by atoms with van der Waals surface area (Å²) in [5.74, 6) is 1.04. The normalized spacial score (nSPS) is 17.8. The molecule has 14 heavy (non-hydrogen) atoms. The smallest absolute Gasteiger partial charge is 0.168 e. The van der Waals surface area contributed by atoms with Crippen LogP contribution in [0.4, 0.5) is 0 Å². The van der Waals surface area contributed by atoms with Gasteiger partial charge in [-0.25, -0.2) is 0 Å². The average molecular weight is 203 g/mol. The van der Waals surface area contributed by atoms with Gasteiger partial charge in [0.25, 0.3) is 0 Å². The zero-order valence-electron chi connectivity index (χ0n) is 9.79. The van der Waals surface area contributed by atoms with Crippen molar-refractivity contribution in [2.75, 3.05) is 20.8 Å². The molecule has 0 aliphatic heterocycles. The Morgan fingerprint density at radius 1 is 1.14 bits per heavy atom. The molecule has 1 aliphatic rings. The summed E-state index contributed by atoms with van der Waals surface area (Å²) in [5.41, 5.74) is 5.14. The second-order valence-electron chi connectivity index (χ2n) is 3.88. The number of nitrogens with two attached hydrogens (primary N) is 1. The van der Waals surface area contributed by atoms with Gasteiger partial charge in [0.2, 0.25) is 0 Å². The van der Waals surface area contributed by atoms with Gasteiger partial charge in [-0.3, -0.25) is 0 Å². The van der Waals surface area contributed by atoms with Crippen LogP contribution in [0.3, 0.4) is 0 Å². The van der Waals surface area contributed by atoms with Crippen LogP contribution in [-0.2, 0) is 9.47 Å². The third-order valence-electron chi connectivity index (χ3n) is 2.61. The van der Waals surface area contributed by atoms with E-state index in [9.17, 15) is 0 Å². The van der Waals surface area contributed by atoms with Crippen LogP contribution in [0.25, 0.3) is 0 Å². The van der Waals surface area contributed by atoms with Crippen LogP contribution in [0, 0.1) is 5.92 Å². The lowest BCUT2D eigenvalue weighted by atomic mass is 9.91. The monoisotopic (exact) mass is 203 g/mol. The van der Waals surface area contributed by atoms with Crippen molar-refractivity contribution in [3.8, 4) is 0 Å². The molecule has 1 saturated carbocycles. The van der Waals surface area contributed by atoms with Gasteiger partial charge >= 0.3 is 0 Å². The summed E-state index contributed by atoms with van der Waals surface area (Å²) in [7, 11) is 3.11. The van der Waals surface area contributed by atoms with Crippen LogP contribution in [0.2, 0.25) is 0 Å². The summed E-state index contributed by atoms with van der Waals surface area (Å²) in [4.78, 5) is 0. The second kappa shape index (κ2) is 9.44. The van der Waals surface area contributed by atoms with Crippen LogP contribution in [0.1, 0.15) is 39.0 Å². The van der Waals surface area contributed by atoms with Gasteiger partial charge in [0.05, 0.1) is 0 Å². The molecule has 1 rings (SSSR count). The average Bonchev–Trinajstić information content (AvgIpc) is 2.22. The highest BCUT2D eigenvalue weighted by Gasteiger charge is 2.05. The molecule has 0 radical (unpaired) electrons. The van der Waals surface area contributed by atoms with E-state index in [0.29, 0.717) is 6.54 Å². The Labute approximate surface area is 88.0 Å². The van der Waals surface area contributed by atoms with E-state index in [0.717, 1.165) is 5.92 Å². The lowest BCUT2D eigenvalue weighted by Gasteiger charge is -2.15. The van der Waals surface area contributed by atoms with Gasteiger partial charge < -0.3 is 15.2 Å². The maximum atomic E-state index is 5.14. The molecular formula is C11H25NO2. The van der Waals surface area contributed by atoms with Crippen LogP contribution in [0.15, 0.2) is 0 Å². The molecule has 0 heterocycles. The molecule has 0 unspecified atom stereocenters. The van der Waals surface area contributed by atoms with E-state index in [1.165, 1.54) is 32.1 Å². The van der Waals surface area contributed by atoms with Crippen molar-refractivity contribution >= 4 is 0 Å². The van der Waals surface area contributed by atoms with Crippen molar-refractivity contribution in [1.29, 1.82) is 0 Å². The van der Waals surface area contributed by atoms with E-state index in [1.807, 2.05) is 0 Å². The number of ether oxygens (including phenoxy) is 2. The van der Waals surface area contributed by atoms with E-state index < -0.39 is 0 Å². The van der Waals surface area contributed by atoms with E-state index in [2.05, 4.69) is 6.92 Å².